The van der Waals surface area contributed by atoms with E-state index in [2.05, 4.69) is 4.98 Å². The van der Waals surface area contributed by atoms with Gasteiger partial charge in [0.05, 0.1) is 11.3 Å². The average molecular weight is 400 g/mol. The van der Waals surface area contributed by atoms with Crippen molar-refractivity contribution in [3.05, 3.63) is 47.1 Å². The maximum absolute atomic E-state index is 13.5. The molecule has 2 heterocycles. The summed E-state index contributed by atoms with van der Waals surface area (Å²) in [6.45, 7) is 0.653. The summed E-state index contributed by atoms with van der Waals surface area (Å²) >= 11 is 5.64. The van der Waals surface area contributed by atoms with E-state index in [0.29, 0.717) is 13.0 Å². The fourth-order valence-electron chi connectivity index (χ4n) is 3.12. The first-order valence-electron chi connectivity index (χ1n) is 8.24. The van der Waals surface area contributed by atoms with Crippen LogP contribution < -0.4 is 0 Å². The molecule has 1 atom stereocenters. The molecule has 1 aliphatic rings. The Morgan fingerprint density at radius 1 is 1.42 bits per heavy atom. The molecule has 0 bridgehead atoms. The minimum Gasteiger partial charge on any atom is -0.339 e. The van der Waals surface area contributed by atoms with Crippen molar-refractivity contribution in [2.45, 2.75) is 24.3 Å². The maximum atomic E-state index is 13.5. The van der Waals surface area contributed by atoms with Crippen molar-refractivity contribution < 1.29 is 17.6 Å². The van der Waals surface area contributed by atoms with Gasteiger partial charge in [-0.15, -0.1) is 0 Å². The number of hydrogen-bond acceptors (Lipinski definition) is 4. The summed E-state index contributed by atoms with van der Waals surface area (Å²) in [5, 5.41) is -0.0291. The van der Waals surface area contributed by atoms with Gasteiger partial charge in [0, 0.05) is 38.3 Å². The van der Waals surface area contributed by atoms with Crippen LogP contribution in [0.25, 0.3) is 0 Å². The summed E-state index contributed by atoms with van der Waals surface area (Å²) in [5.74, 6) is -0.975. The second-order valence-corrected chi connectivity index (χ2v) is 8.80. The number of piperidine rings is 1. The molecule has 0 spiro atoms. The number of hydrogen-bond donors (Lipinski definition) is 0. The molecule has 0 aliphatic carbocycles. The summed E-state index contributed by atoms with van der Waals surface area (Å²) in [7, 11) is -1.97. The Bertz CT molecular complexity index is 929. The normalized spacial score (nSPS) is 18.8. The molecule has 1 aromatic carbocycles. The molecular weight excluding hydrogens is 381 g/mol. The van der Waals surface area contributed by atoms with Crippen LogP contribution in [0.15, 0.2) is 35.7 Å². The second kappa shape index (κ2) is 7.46. The highest BCUT2D eigenvalue weighted by molar-refractivity contribution is 7.89. The SMILES string of the molecule is Cn1cnc(S(=O)(=O)N2CCCC(CC(=O)c3ccc(Cl)c(F)c3)C2)c1. The Balaban J connectivity index is 1.70. The lowest BCUT2D eigenvalue weighted by molar-refractivity contribution is 0.0942. The predicted octanol–water partition coefficient (Wildman–Crippen LogP) is 2.89. The van der Waals surface area contributed by atoms with Gasteiger partial charge >= 0.3 is 0 Å². The van der Waals surface area contributed by atoms with Gasteiger partial charge in [-0.3, -0.25) is 4.79 Å². The molecule has 1 unspecified atom stereocenters. The number of aryl methyl sites for hydroxylation is 1. The number of nitrogens with zero attached hydrogens (tertiary/aromatic N) is 3. The zero-order chi connectivity index (χ0) is 18.9. The van der Waals surface area contributed by atoms with E-state index < -0.39 is 15.8 Å². The first-order chi connectivity index (χ1) is 12.3. The summed E-state index contributed by atoms with van der Waals surface area (Å²) in [4.78, 5) is 16.3. The largest absolute Gasteiger partial charge is 0.339 e. The number of carbonyl (C=O) groups excluding carboxylic acids is 1. The van der Waals surface area contributed by atoms with Crippen LogP contribution in [-0.4, -0.2) is 41.1 Å². The van der Waals surface area contributed by atoms with E-state index in [1.54, 1.807) is 11.6 Å². The van der Waals surface area contributed by atoms with Crippen LogP contribution in [0.2, 0.25) is 5.02 Å². The summed E-state index contributed by atoms with van der Waals surface area (Å²) < 4.78 is 41.9. The minimum absolute atomic E-state index is 0.00625. The standard InChI is InChI=1S/C17H19ClFN3O3S/c1-21-10-17(20-11-21)26(24,25)22-6-2-3-12(9-22)7-16(23)13-4-5-14(18)15(19)8-13/h4-5,8,10-12H,2-3,6-7,9H2,1H3. The van der Waals surface area contributed by atoms with Crippen molar-refractivity contribution >= 4 is 27.4 Å². The molecule has 140 valence electrons. The van der Waals surface area contributed by atoms with Crippen molar-refractivity contribution in [3.63, 3.8) is 0 Å². The van der Waals surface area contributed by atoms with Crippen LogP contribution >= 0.6 is 11.6 Å². The molecule has 1 fully saturated rings. The van der Waals surface area contributed by atoms with Gasteiger partial charge in [0.15, 0.2) is 10.8 Å². The topological polar surface area (TPSA) is 72.3 Å². The fraction of sp³-hybridized carbons (Fsp3) is 0.412. The predicted molar refractivity (Wildman–Crippen MR) is 95.0 cm³/mol. The number of Topliss-reactive ketones (excluding diaryl/α,β-unsaturated/α-hetero) is 1. The van der Waals surface area contributed by atoms with Gasteiger partial charge in [0.25, 0.3) is 10.0 Å². The molecule has 9 heteroatoms. The van der Waals surface area contributed by atoms with Gasteiger partial charge in [0.1, 0.15) is 5.82 Å². The van der Waals surface area contributed by atoms with Crippen molar-refractivity contribution in [3.8, 4) is 0 Å². The van der Waals surface area contributed by atoms with Gasteiger partial charge in [-0.1, -0.05) is 11.6 Å². The summed E-state index contributed by atoms with van der Waals surface area (Å²) in [6, 6.07) is 3.96. The van der Waals surface area contributed by atoms with Crippen LogP contribution in [0.5, 0.6) is 0 Å². The number of sulfonamides is 1. The number of ketones is 1. The van der Waals surface area contributed by atoms with E-state index >= 15 is 0 Å². The molecule has 1 aromatic heterocycles. The maximum Gasteiger partial charge on any atom is 0.262 e. The van der Waals surface area contributed by atoms with Crippen LogP contribution in [-0.2, 0) is 17.1 Å². The minimum atomic E-state index is -3.67. The zero-order valence-corrected chi connectivity index (χ0v) is 15.8. The highest BCUT2D eigenvalue weighted by Gasteiger charge is 2.32. The third kappa shape index (κ3) is 3.97. The van der Waals surface area contributed by atoms with E-state index in [0.717, 1.165) is 12.5 Å². The van der Waals surface area contributed by atoms with Crippen molar-refractivity contribution in [2.24, 2.45) is 13.0 Å². The van der Waals surface area contributed by atoms with Crippen molar-refractivity contribution in [1.82, 2.24) is 13.9 Å². The Morgan fingerprint density at radius 2 is 2.19 bits per heavy atom. The van der Waals surface area contributed by atoms with E-state index in [9.17, 15) is 17.6 Å². The Labute approximate surface area is 156 Å². The molecule has 2 aromatic rings. The van der Waals surface area contributed by atoms with E-state index in [1.807, 2.05) is 0 Å². The molecule has 0 amide bonds. The molecule has 6 nitrogen and oxygen atoms in total. The second-order valence-electron chi connectivity index (χ2n) is 6.50. The van der Waals surface area contributed by atoms with Gasteiger partial charge in [-0.2, -0.15) is 4.31 Å². The monoisotopic (exact) mass is 399 g/mol. The zero-order valence-electron chi connectivity index (χ0n) is 14.2. The Hall–Kier alpha value is -1.77. The first-order valence-corrected chi connectivity index (χ1v) is 10.1. The number of rotatable bonds is 5. The quantitative estimate of drug-likeness (QED) is 0.725. The van der Waals surface area contributed by atoms with E-state index in [-0.39, 0.29) is 40.3 Å². The van der Waals surface area contributed by atoms with E-state index in [1.165, 1.54) is 29.0 Å². The lowest BCUT2D eigenvalue weighted by atomic mass is 9.92. The third-order valence-electron chi connectivity index (χ3n) is 4.48. The molecule has 26 heavy (non-hydrogen) atoms. The molecule has 0 radical (unpaired) electrons. The molecule has 0 N–H and O–H groups in total. The van der Waals surface area contributed by atoms with E-state index in [4.69, 9.17) is 11.6 Å². The number of carbonyl (C=O) groups is 1. The molecule has 0 saturated carbocycles. The first kappa shape index (κ1) is 19.0. The summed E-state index contributed by atoms with van der Waals surface area (Å²) in [6.07, 6.45) is 4.47. The highest BCUT2D eigenvalue weighted by Crippen LogP contribution is 2.26. The fourth-order valence-corrected chi connectivity index (χ4v) is 4.75. The van der Waals surface area contributed by atoms with Gasteiger partial charge in [0.2, 0.25) is 0 Å². The van der Waals surface area contributed by atoms with Crippen LogP contribution in [0.3, 0.4) is 0 Å². The smallest absolute Gasteiger partial charge is 0.262 e. The van der Waals surface area contributed by atoms with Gasteiger partial charge in [-0.25, -0.2) is 17.8 Å². The van der Waals surface area contributed by atoms with Crippen molar-refractivity contribution in [1.29, 1.82) is 0 Å². The number of aromatic nitrogens is 2. The van der Waals surface area contributed by atoms with Crippen LogP contribution in [0.4, 0.5) is 4.39 Å². The number of benzene rings is 1. The Kier molecular flexibility index (Phi) is 5.45. The molecule has 1 aliphatic heterocycles. The summed E-state index contributed by atoms with van der Waals surface area (Å²) in [5.41, 5.74) is 0.247. The highest BCUT2D eigenvalue weighted by atomic mass is 35.5. The third-order valence-corrected chi connectivity index (χ3v) is 6.54. The van der Waals surface area contributed by atoms with Crippen LogP contribution in [0.1, 0.15) is 29.6 Å². The van der Waals surface area contributed by atoms with Gasteiger partial charge in [-0.05, 0) is 37.0 Å². The molecular formula is C17H19ClFN3O3S. The van der Waals surface area contributed by atoms with Crippen LogP contribution in [0, 0.1) is 11.7 Å². The molecule has 3 rings (SSSR count). The lowest BCUT2D eigenvalue weighted by Gasteiger charge is -2.31. The number of imidazole rings is 1. The van der Waals surface area contributed by atoms with Gasteiger partial charge < -0.3 is 4.57 Å². The van der Waals surface area contributed by atoms with Crippen molar-refractivity contribution in [2.75, 3.05) is 13.1 Å². The lowest BCUT2D eigenvalue weighted by Crippen LogP contribution is -2.40. The average Bonchev–Trinajstić information content (AvgIpc) is 3.05. The molecule has 1 saturated heterocycles. The Morgan fingerprint density at radius 3 is 2.85 bits per heavy atom. The number of halogens is 2.